The third kappa shape index (κ3) is 5.47. The Morgan fingerprint density at radius 2 is 2.00 bits per heavy atom. The largest absolute Gasteiger partial charge is 0.383 e. The van der Waals surface area contributed by atoms with Gasteiger partial charge in [-0.05, 0) is 24.6 Å². The third-order valence-electron chi connectivity index (χ3n) is 2.87. The summed E-state index contributed by atoms with van der Waals surface area (Å²) < 4.78 is 29.2. The highest BCUT2D eigenvalue weighted by Gasteiger charge is 2.28. The molecule has 1 N–H and O–H groups in total. The molecule has 8 heteroatoms. The lowest BCUT2D eigenvalue weighted by Gasteiger charge is -2.13. The van der Waals surface area contributed by atoms with Crippen molar-refractivity contribution in [2.45, 2.75) is 17.9 Å². The second-order valence-electron chi connectivity index (χ2n) is 4.48. The normalized spacial score (nSPS) is 13.0. The molecule has 0 radical (unpaired) electrons. The highest BCUT2D eigenvalue weighted by molar-refractivity contribution is 7.92. The van der Waals surface area contributed by atoms with Crippen LogP contribution in [-0.2, 0) is 25.1 Å². The predicted molar refractivity (Wildman–Crippen MR) is 83.4 cm³/mol. The highest BCUT2D eigenvalue weighted by atomic mass is 35.5. The van der Waals surface area contributed by atoms with E-state index in [0.717, 1.165) is 0 Å². The molecular formula is C13H17Cl2NO4S. The van der Waals surface area contributed by atoms with Crippen LogP contribution in [0, 0.1) is 0 Å². The molecule has 0 saturated heterocycles. The van der Waals surface area contributed by atoms with Gasteiger partial charge in [0.15, 0.2) is 9.84 Å². The molecule has 5 nitrogen and oxygen atoms in total. The van der Waals surface area contributed by atoms with Crippen molar-refractivity contribution < 1.29 is 17.9 Å². The third-order valence-corrected chi connectivity index (χ3v) is 5.63. The Morgan fingerprint density at radius 3 is 2.57 bits per heavy atom. The number of sulfone groups is 1. The lowest BCUT2D eigenvalue weighted by Crippen LogP contribution is -2.39. The summed E-state index contributed by atoms with van der Waals surface area (Å²) in [6.45, 7) is 1.95. The maximum Gasteiger partial charge on any atom is 0.238 e. The van der Waals surface area contributed by atoms with E-state index in [4.69, 9.17) is 27.9 Å². The number of nitrogens with one attached hydrogen (secondary N) is 1. The van der Waals surface area contributed by atoms with Crippen LogP contribution in [0.5, 0.6) is 0 Å². The molecule has 0 aliphatic carbocycles. The molecule has 1 atom stereocenters. The number of hydrogen-bond donors (Lipinski definition) is 1. The van der Waals surface area contributed by atoms with E-state index in [2.05, 4.69) is 5.32 Å². The molecule has 0 aliphatic rings. The zero-order valence-electron chi connectivity index (χ0n) is 11.7. The number of halogens is 2. The molecule has 0 heterocycles. The molecule has 118 valence electrons. The van der Waals surface area contributed by atoms with E-state index in [1.165, 1.54) is 26.2 Å². The quantitative estimate of drug-likeness (QED) is 0.761. The molecule has 1 aromatic carbocycles. The molecule has 0 fully saturated rings. The minimum atomic E-state index is -3.63. The fourth-order valence-electron chi connectivity index (χ4n) is 1.57. The molecule has 21 heavy (non-hydrogen) atoms. The SMILES string of the molecule is COCCNC(=O)C(C)S(=O)(=O)Cc1ccc(Cl)c(Cl)c1. The summed E-state index contributed by atoms with van der Waals surface area (Å²) in [5.41, 5.74) is 0.487. The van der Waals surface area contributed by atoms with Crippen LogP contribution in [-0.4, -0.2) is 39.8 Å². The van der Waals surface area contributed by atoms with Crippen LogP contribution in [0.1, 0.15) is 12.5 Å². The summed E-state index contributed by atoms with van der Waals surface area (Å²) in [6, 6.07) is 4.58. The molecule has 0 saturated carbocycles. The van der Waals surface area contributed by atoms with Gasteiger partial charge in [0.25, 0.3) is 0 Å². The zero-order valence-corrected chi connectivity index (χ0v) is 14.1. The second kappa shape index (κ2) is 7.98. The van der Waals surface area contributed by atoms with E-state index < -0.39 is 21.0 Å². The van der Waals surface area contributed by atoms with Gasteiger partial charge in [-0.1, -0.05) is 29.3 Å². The first kappa shape index (κ1) is 18.2. The number of benzene rings is 1. The van der Waals surface area contributed by atoms with Crippen LogP contribution >= 0.6 is 23.2 Å². The van der Waals surface area contributed by atoms with Gasteiger partial charge in [0.2, 0.25) is 5.91 Å². The van der Waals surface area contributed by atoms with Gasteiger partial charge in [-0.2, -0.15) is 0 Å². The summed E-state index contributed by atoms with van der Waals surface area (Å²) in [7, 11) is -2.14. The van der Waals surface area contributed by atoms with E-state index in [9.17, 15) is 13.2 Å². The molecule has 1 aromatic rings. The van der Waals surface area contributed by atoms with E-state index >= 15 is 0 Å². The van der Waals surface area contributed by atoms with E-state index in [1.54, 1.807) is 6.07 Å². The maximum absolute atomic E-state index is 12.2. The van der Waals surface area contributed by atoms with Crippen LogP contribution in [0.15, 0.2) is 18.2 Å². The van der Waals surface area contributed by atoms with Crippen molar-refractivity contribution in [3.05, 3.63) is 33.8 Å². The Bertz CT molecular complexity index is 604. The Morgan fingerprint density at radius 1 is 1.33 bits per heavy atom. The number of rotatable bonds is 7. The summed E-state index contributed by atoms with van der Waals surface area (Å²) in [5, 5.41) is 1.99. The number of carbonyl (C=O) groups is 1. The Labute approximate surface area is 134 Å². The lowest BCUT2D eigenvalue weighted by atomic mass is 10.2. The molecule has 0 aromatic heterocycles. The highest BCUT2D eigenvalue weighted by Crippen LogP contribution is 2.24. The molecular weight excluding hydrogens is 337 g/mol. The first-order valence-corrected chi connectivity index (χ1v) is 8.67. The van der Waals surface area contributed by atoms with Crippen molar-refractivity contribution in [2.75, 3.05) is 20.3 Å². The van der Waals surface area contributed by atoms with Crippen LogP contribution in [0.3, 0.4) is 0 Å². The van der Waals surface area contributed by atoms with E-state index in [1.807, 2.05) is 0 Å². The van der Waals surface area contributed by atoms with Crippen molar-refractivity contribution in [3.8, 4) is 0 Å². The Hall–Kier alpha value is -0.820. The number of ether oxygens (including phenoxy) is 1. The Balaban J connectivity index is 2.75. The number of carbonyl (C=O) groups excluding carboxylic acids is 1. The van der Waals surface area contributed by atoms with Gasteiger partial charge in [-0.3, -0.25) is 4.79 Å². The van der Waals surface area contributed by atoms with Gasteiger partial charge in [0.1, 0.15) is 5.25 Å². The number of amides is 1. The van der Waals surface area contributed by atoms with Crippen molar-refractivity contribution >= 4 is 38.9 Å². The summed E-state index contributed by atoms with van der Waals surface area (Å²) >= 11 is 11.6. The minimum absolute atomic E-state index is 0.266. The van der Waals surface area contributed by atoms with Gasteiger partial charge >= 0.3 is 0 Å². The maximum atomic E-state index is 12.2. The molecule has 1 rings (SSSR count). The van der Waals surface area contributed by atoms with Crippen LogP contribution in [0.25, 0.3) is 0 Å². The molecule has 0 aliphatic heterocycles. The summed E-state index contributed by atoms with van der Waals surface area (Å²) in [4.78, 5) is 11.8. The van der Waals surface area contributed by atoms with Gasteiger partial charge in [-0.25, -0.2) is 8.42 Å². The van der Waals surface area contributed by atoms with Crippen LogP contribution in [0.2, 0.25) is 10.0 Å². The van der Waals surface area contributed by atoms with Crippen molar-refractivity contribution in [1.29, 1.82) is 0 Å². The first-order chi connectivity index (χ1) is 9.77. The number of methoxy groups -OCH3 is 1. The first-order valence-electron chi connectivity index (χ1n) is 6.20. The molecule has 0 spiro atoms. The molecule has 1 unspecified atom stereocenters. The number of hydrogen-bond acceptors (Lipinski definition) is 4. The van der Waals surface area contributed by atoms with E-state index in [0.29, 0.717) is 17.2 Å². The minimum Gasteiger partial charge on any atom is -0.383 e. The van der Waals surface area contributed by atoms with Crippen molar-refractivity contribution in [3.63, 3.8) is 0 Å². The van der Waals surface area contributed by atoms with Crippen LogP contribution < -0.4 is 5.32 Å². The van der Waals surface area contributed by atoms with Crippen molar-refractivity contribution in [1.82, 2.24) is 5.32 Å². The van der Waals surface area contributed by atoms with Crippen LogP contribution in [0.4, 0.5) is 0 Å². The monoisotopic (exact) mass is 353 g/mol. The van der Waals surface area contributed by atoms with Gasteiger partial charge in [-0.15, -0.1) is 0 Å². The average Bonchev–Trinajstić information content (AvgIpc) is 2.42. The van der Waals surface area contributed by atoms with Gasteiger partial charge in [0.05, 0.1) is 22.4 Å². The van der Waals surface area contributed by atoms with Gasteiger partial charge in [0, 0.05) is 13.7 Å². The predicted octanol–water partition coefficient (Wildman–Crippen LogP) is 2.06. The van der Waals surface area contributed by atoms with Gasteiger partial charge < -0.3 is 10.1 Å². The standard InChI is InChI=1S/C13H17Cl2NO4S/c1-9(13(17)16-5-6-20-2)21(18,19)8-10-3-4-11(14)12(15)7-10/h3-4,7,9H,5-6,8H2,1-2H3,(H,16,17). The fraction of sp³-hybridized carbons (Fsp3) is 0.462. The van der Waals surface area contributed by atoms with E-state index in [-0.39, 0.29) is 17.3 Å². The zero-order chi connectivity index (χ0) is 16.0. The Kier molecular flexibility index (Phi) is 6.93. The lowest BCUT2D eigenvalue weighted by molar-refractivity contribution is -0.120. The summed E-state index contributed by atoms with van der Waals surface area (Å²) in [6.07, 6.45) is 0. The second-order valence-corrected chi connectivity index (χ2v) is 7.62. The molecule has 0 bridgehead atoms. The topological polar surface area (TPSA) is 72.5 Å². The average molecular weight is 354 g/mol. The fourth-order valence-corrected chi connectivity index (χ4v) is 3.19. The van der Waals surface area contributed by atoms with Crippen molar-refractivity contribution in [2.24, 2.45) is 0 Å². The smallest absolute Gasteiger partial charge is 0.238 e. The summed E-state index contributed by atoms with van der Waals surface area (Å²) in [5.74, 6) is -0.824. The molecule has 1 amide bonds.